The van der Waals surface area contributed by atoms with Gasteiger partial charge in [0.25, 0.3) is 5.78 Å². The van der Waals surface area contributed by atoms with Crippen LogP contribution < -0.4 is 9.64 Å². The first kappa shape index (κ1) is 27.6. The first-order valence-corrected chi connectivity index (χ1v) is 14.8. The van der Waals surface area contributed by atoms with Gasteiger partial charge in [0.1, 0.15) is 5.76 Å². The molecule has 2 heterocycles. The van der Waals surface area contributed by atoms with Crippen molar-refractivity contribution in [2.45, 2.75) is 23.1 Å². The standard InChI is InChI=1S/C32H24FN3O4S2/c1-18-10-12-20(13-11-18)27-26(28(37)21-14-15-25(40-2)24(33)16-21)29(38)30(39)36(27)31-34-35-32(42-31)41-17-22-8-5-7-19-6-3-4-9-23(19)22/h3-16,27,37H,17H2,1-2H3/t27-/m1/s1. The van der Waals surface area contributed by atoms with Gasteiger partial charge in [0.15, 0.2) is 15.9 Å². The van der Waals surface area contributed by atoms with Gasteiger partial charge in [-0.3, -0.25) is 14.5 Å². The molecule has 0 aliphatic carbocycles. The van der Waals surface area contributed by atoms with Gasteiger partial charge in [0.05, 0.1) is 18.7 Å². The molecule has 4 aromatic carbocycles. The summed E-state index contributed by atoms with van der Waals surface area (Å²) in [6, 6.07) is 24.4. The van der Waals surface area contributed by atoms with E-state index in [1.807, 2.05) is 37.3 Å². The normalized spacial score (nSPS) is 16.4. The molecular formula is C32H24FN3O4S2. The molecule has 0 bridgehead atoms. The van der Waals surface area contributed by atoms with Gasteiger partial charge in [-0.05, 0) is 47.0 Å². The Bertz CT molecular complexity index is 1860. The molecule has 0 unspecified atom stereocenters. The van der Waals surface area contributed by atoms with Gasteiger partial charge in [-0.2, -0.15) is 0 Å². The van der Waals surface area contributed by atoms with E-state index in [1.54, 1.807) is 12.1 Å². The minimum absolute atomic E-state index is 0.00974. The van der Waals surface area contributed by atoms with Crippen LogP contribution in [0.3, 0.4) is 0 Å². The topological polar surface area (TPSA) is 92.6 Å². The van der Waals surface area contributed by atoms with E-state index in [1.165, 1.54) is 47.2 Å². The number of aryl methyl sites for hydroxylation is 1. The maximum absolute atomic E-state index is 14.5. The van der Waals surface area contributed by atoms with E-state index < -0.39 is 29.3 Å². The van der Waals surface area contributed by atoms with Crippen molar-refractivity contribution < 1.29 is 23.8 Å². The summed E-state index contributed by atoms with van der Waals surface area (Å²) in [7, 11) is 1.33. The Morgan fingerprint density at radius 3 is 2.55 bits per heavy atom. The highest BCUT2D eigenvalue weighted by molar-refractivity contribution is 8.00. The first-order chi connectivity index (χ1) is 20.4. The van der Waals surface area contributed by atoms with Crippen molar-refractivity contribution in [3.63, 3.8) is 0 Å². The molecular weight excluding hydrogens is 574 g/mol. The van der Waals surface area contributed by atoms with Crippen molar-refractivity contribution in [3.8, 4) is 5.75 Å². The number of thioether (sulfide) groups is 1. The van der Waals surface area contributed by atoms with E-state index in [-0.39, 0.29) is 22.0 Å². The van der Waals surface area contributed by atoms with Crippen molar-refractivity contribution in [3.05, 3.63) is 119 Å². The molecule has 1 saturated heterocycles. The third-order valence-corrected chi connectivity index (χ3v) is 9.20. The Balaban J connectivity index is 1.37. The number of ether oxygens (including phenoxy) is 1. The van der Waals surface area contributed by atoms with Crippen molar-refractivity contribution in [1.82, 2.24) is 10.2 Å². The number of halogens is 1. The van der Waals surface area contributed by atoms with Crippen molar-refractivity contribution in [2.24, 2.45) is 0 Å². The smallest absolute Gasteiger partial charge is 0.301 e. The molecule has 1 aliphatic heterocycles. The SMILES string of the molecule is COc1ccc(C(O)=C2C(=O)C(=O)N(c3nnc(SCc4cccc5ccccc45)s3)[C@@H]2c2ccc(C)cc2)cc1F. The van der Waals surface area contributed by atoms with Crippen molar-refractivity contribution in [2.75, 3.05) is 12.0 Å². The Hall–Kier alpha value is -4.54. The summed E-state index contributed by atoms with van der Waals surface area (Å²) in [4.78, 5) is 28.2. The van der Waals surface area contributed by atoms with Crippen molar-refractivity contribution in [1.29, 1.82) is 0 Å². The van der Waals surface area contributed by atoms with Crippen LogP contribution in [-0.2, 0) is 15.3 Å². The van der Waals surface area contributed by atoms with Gasteiger partial charge in [-0.25, -0.2) is 4.39 Å². The fourth-order valence-electron chi connectivity index (χ4n) is 4.98. The number of Topliss-reactive ketones (excluding diaryl/α,β-unsaturated/α-hetero) is 1. The van der Waals surface area contributed by atoms with E-state index in [0.29, 0.717) is 15.7 Å². The molecule has 210 valence electrons. The number of amides is 1. The number of benzene rings is 4. The highest BCUT2D eigenvalue weighted by Crippen LogP contribution is 2.44. The number of rotatable bonds is 7. The molecule has 5 aromatic rings. The first-order valence-electron chi connectivity index (χ1n) is 13.0. The summed E-state index contributed by atoms with van der Waals surface area (Å²) in [5.74, 6) is -2.31. The quantitative estimate of drug-likeness (QED) is 0.0706. The summed E-state index contributed by atoms with van der Waals surface area (Å²) in [5, 5.41) is 22.4. The zero-order chi connectivity index (χ0) is 29.4. The monoisotopic (exact) mass is 597 g/mol. The van der Waals surface area contributed by atoms with E-state index in [4.69, 9.17) is 4.74 Å². The van der Waals surface area contributed by atoms with Gasteiger partial charge in [0, 0.05) is 11.3 Å². The van der Waals surface area contributed by atoms with E-state index in [9.17, 15) is 19.1 Å². The Morgan fingerprint density at radius 2 is 1.79 bits per heavy atom. The number of carbonyl (C=O) groups excluding carboxylic acids is 2. The second-order valence-corrected chi connectivity index (χ2v) is 11.9. The van der Waals surface area contributed by atoms with Gasteiger partial charge < -0.3 is 9.84 Å². The number of aliphatic hydroxyl groups excluding tert-OH is 1. The molecule has 1 fully saturated rings. The largest absolute Gasteiger partial charge is 0.507 e. The van der Waals surface area contributed by atoms with E-state index in [0.717, 1.165) is 28.0 Å². The zero-order valence-corrected chi connectivity index (χ0v) is 24.2. The summed E-state index contributed by atoms with van der Waals surface area (Å²) >= 11 is 2.68. The Morgan fingerprint density at radius 1 is 1.02 bits per heavy atom. The Kier molecular flexibility index (Phi) is 7.49. The molecule has 0 spiro atoms. The van der Waals surface area contributed by atoms with Crippen molar-refractivity contribution >= 4 is 56.5 Å². The minimum Gasteiger partial charge on any atom is -0.507 e. The van der Waals surface area contributed by atoms with Gasteiger partial charge in [-0.1, -0.05) is 95.4 Å². The second-order valence-electron chi connectivity index (χ2n) is 9.71. The van der Waals surface area contributed by atoms with Crippen LogP contribution in [0.4, 0.5) is 9.52 Å². The number of carbonyl (C=O) groups is 2. The summed E-state index contributed by atoms with van der Waals surface area (Å²) in [5.41, 5.74) is 2.61. The molecule has 42 heavy (non-hydrogen) atoms. The van der Waals surface area contributed by atoms with Crippen LogP contribution >= 0.6 is 23.1 Å². The predicted octanol–water partition coefficient (Wildman–Crippen LogP) is 7.07. The van der Waals surface area contributed by atoms with Crippen LogP contribution in [0.1, 0.15) is 28.3 Å². The van der Waals surface area contributed by atoms with Crippen LogP contribution in [0.25, 0.3) is 16.5 Å². The van der Waals surface area contributed by atoms with Gasteiger partial charge >= 0.3 is 5.91 Å². The lowest BCUT2D eigenvalue weighted by Gasteiger charge is -2.22. The molecule has 6 rings (SSSR count). The number of anilines is 1. The number of aliphatic hydroxyl groups is 1. The molecule has 1 aliphatic rings. The average molecular weight is 598 g/mol. The molecule has 0 saturated carbocycles. The lowest BCUT2D eigenvalue weighted by atomic mass is 9.95. The summed E-state index contributed by atoms with van der Waals surface area (Å²) < 4.78 is 20.1. The zero-order valence-electron chi connectivity index (χ0n) is 22.6. The highest BCUT2D eigenvalue weighted by atomic mass is 32.2. The van der Waals surface area contributed by atoms with E-state index >= 15 is 0 Å². The summed E-state index contributed by atoms with van der Waals surface area (Å²) in [6.07, 6.45) is 0. The molecule has 1 atom stereocenters. The Labute approximate surface area is 249 Å². The molecule has 10 heteroatoms. The number of nitrogens with zero attached hydrogens (tertiary/aromatic N) is 3. The minimum atomic E-state index is -0.986. The van der Waals surface area contributed by atoms with Gasteiger partial charge in [-0.15, -0.1) is 10.2 Å². The van der Waals surface area contributed by atoms with Crippen LogP contribution in [0.2, 0.25) is 0 Å². The van der Waals surface area contributed by atoms with E-state index in [2.05, 4.69) is 34.5 Å². The highest BCUT2D eigenvalue weighted by Gasteiger charge is 2.48. The molecule has 1 aromatic heterocycles. The summed E-state index contributed by atoms with van der Waals surface area (Å²) in [6.45, 7) is 1.92. The van der Waals surface area contributed by atoms with Crippen LogP contribution in [0.5, 0.6) is 5.75 Å². The molecule has 1 amide bonds. The molecule has 1 N–H and O–H groups in total. The maximum Gasteiger partial charge on any atom is 0.301 e. The second kappa shape index (κ2) is 11.4. The lowest BCUT2D eigenvalue weighted by Crippen LogP contribution is -2.29. The maximum atomic E-state index is 14.5. The fraction of sp³-hybridized carbons (Fsp3) is 0.125. The number of hydrogen-bond donors (Lipinski definition) is 1. The molecule has 7 nitrogen and oxygen atoms in total. The number of aromatic nitrogens is 2. The fourth-order valence-corrected chi connectivity index (χ4v) is 6.85. The number of fused-ring (bicyclic) bond motifs is 1. The lowest BCUT2D eigenvalue weighted by molar-refractivity contribution is -0.132. The number of methoxy groups -OCH3 is 1. The predicted molar refractivity (Wildman–Crippen MR) is 162 cm³/mol. The number of ketones is 1. The third-order valence-electron chi connectivity index (χ3n) is 7.10. The number of hydrogen-bond acceptors (Lipinski definition) is 8. The van der Waals surface area contributed by atoms with Gasteiger partial charge in [0.2, 0.25) is 5.13 Å². The average Bonchev–Trinajstić information content (AvgIpc) is 3.57. The van der Waals surface area contributed by atoms with Crippen LogP contribution in [-0.4, -0.2) is 34.1 Å². The van der Waals surface area contributed by atoms with Crippen LogP contribution in [0, 0.1) is 12.7 Å². The third kappa shape index (κ3) is 5.03. The molecule has 0 radical (unpaired) electrons. The van der Waals surface area contributed by atoms with Crippen LogP contribution in [0.15, 0.2) is 94.8 Å².